The molecular formula is C19H15F3N4O3. The SMILES string of the molecule is CCn1c(Nc2nc3ccc(OC(F)(F)F)cc3o2)nc2cc(C(C)=O)ccc21. The first-order valence-corrected chi connectivity index (χ1v) is 8.68. The number of benzene rings is 2. The maximum Gasteiger partial charge on any atom is 0.573 e. The van der Waals surface area contributed by atoms with Crippen molar-refractivity contribution in [2.24, 2.45) is 0 Å². The molecule has 4 rings (SSSR count). The van der Waals surface area contributed by atoms with Gasteiger partial charge in [0, 0.05) is 18.2 Å². The van der Waals surface area contributed by atoms with Gasteiger partial charge < -0.3 is 13.7 Å². The molecule has 7 nitrogen and oxygen atoms in total. The van der Waals surface area contributed by atoms with Crippen molar-refractivity contribution in [3.63, 3.8) is 0 Å². The number of aryl methyl sites for hydroxylation is 1. The van der Waals surface area contributed by atoms with Crippen molar-refractivity contribution in [2.75, 3.05) is 5.32 Å². The Morgan fingerprint density at radius 1 is 1.17 bits per heavy atom. The highest BCUT2D eigenvalue weighted by Gasteiger charge is 2.31. The fourth-order valence-electron chi connectivity index (χ4n) is 3.02. The summed E-state index contributed by atoms with van der Waals surface area (Å²) in [6, 6.07) is 8.94. The van der Waals surface area contributed by atoms with Crippen LogP contribution in [-0.4, -0.2) is 26.7 Å². The molecule has 0 atom stereocenters. The Morgan fingerprint density at radius 2 is 1.97 bits per heavy atom. The van der Waals surface area contributed by atoms with E-state index in [4.69, 9.17) is 4.42 Å². The standard InChI is InChI=1S/C19H15F3N4O3/c1-3-26-15-7-4-11(10(2)27)8-14(15)23-17(26)25-18-24-13-6-5-12(9-16(13)28-18)29-19(20,21)22/h4-9H,3H2,1-2H3,(H,23,24,25). The predicted octanol–water partition coefficient (Wildman–Crippen LogP) is 5.04. The van der Waals surface area contributed by atoms with Crippen LogP contribution in [0.3, 0.4) is 0 Å². The Balaban J connectivity index is 1.68. The molecule has 10 heteroatoms. The van der Waals surface area contributed by atoms with E-state index in [-0.39, 0.29) is 17.4 Å². The number of fused-ring (bicyclic) bond motifs is 2. The highest BCUT2D eigenvalue weighted by Crippen LogP contribution is 2.30. The summed E-state index contributed by atoms with van der Waals surface area (Å²) in [4.78, 5) is 20.3. The Labute approximate surface area is 162 Å². The van der Waals surface area contributed by atoms with E-state index < -0.39 is 12.1 Å². The second-order valence-corrected chi connectivity index (χ2v) is 6.26. The fourth-order valence-corrected chi connectivity index (χ4v) is 3.02. The van der Waals surface area contributed by atoms with Crippen LogP contribution in [-0.2, 0) is 6.54 Å². The lowest BCUT2D eigenvalue weighted by Crippen LogP contribution is -2.16. The summed E-state index contributed by atoms with van der Waals surface area (Å²) in [5.74, 6) is -0.0323. The number of rotatable bonds is 5. The highest BCUT2D eigenvalue weighted by molar-refractivity contribution is 5.97. The molecule has 0 aliphatic heterocycles. The molecule has 0 spiro atoms. The number of imidazole rings is 1. The molecule has 0 unspecified atom stereocenters. The van der Waals surface area contributed by atoms with E-state index in [9.17, 15) is 18.0 Å². The van der Waals surface area contributed by atoms with Gasteiger partial charge in [-0.1, -0.05) is 0 Å². The molecular weight excluding hydrogens is 389 g/mol. The maximum atomic E-state index is 12.4. The largest absolute Gasteiger partial charge is 0.573 e. The predicted molar refractivity (Wildman–Crippen MR) is 99.4 cm³/mol. The van der Waals surface area contributed by atoms with Gasteiger partial charge >= 0.3 is 12.4 Å². The molecule has 0 aliphatic carbocycles. The number of nitrogens with one attached hydrogen (secondary N) is 1. The second-order valence-electron chi connectivity index (χ2n) is 6.26. The lowest BCUT2D eigenvalue weighted by Gasteiger charge is -2.07. The average molecular weight is 404 g/mol. The van der Waals surface area contributed by atoms with Gasteiger partial charge in [0.15, 0.2) is 11.4 Å². The number of alkyl halides is 3. The number of ketones is 1. The van der Waals surface area contributed by atoms with E-state index in [0.717, 1.165) is 17.6 Å². The third-order valence-corrected chi connectivity index (χ3v) is 4.28. The van der Waals surface area contributed by atoms with E-state index in [1.165, 1.54) is 13.0 Å². The van der Waals surface area contributed by atoms with Crippen LogP contribution in [0.2, 0.25) is 0 Å². The normalized spacial score (nSPS) is 11.9. The van der Waals surface area contributed by atoms with Gasteiger partial charge in [-0.3, -0.25) is 10.1 Å². The quantitative estimate of drug-likeness (QED) is 0.469. The Kier molecular flexibility index (Phi) is 4.40. The Hall–Kier alpha value is -3.56. The second kappa shape index (κ2) is 6.80. The maximum absolute atomic E-state index is 12.4. The molecule has 2 heterocycles. The summed E-state index contributed by atoms with van der Waals surface area (Å²) < 4.78 is 48.4. The first kappa shape index (κ1) is 18.8. The van der Waals surface area contributed by atoms with Crippen LogP contribution in [0.4, 0.5) is 25.1 Å². The molecule has 0 saturated heterocycles. The van der Waals surface area contributed by atoms with Crippen molar-refractivity contribution in [1.82, 2.24) is 14.5 Å². The van der Waals surface area contributed by atoms with Gasteiger partial charge in [0.25, 0.3) is 0 Å². The molecule has 0 fully saturated rings. The molecule has 0 bridgehead atoms. The van der Waals surface area contributed by atoms with E-state index in [1.807, 2.05) is 11.5 Å². The molecule has 0 saturated carbocycles. The van der Waals surface area contributed by atoms with Gasteiger partial charge in [-0.05, 0) is 44.2 Å². The van der Waals surface area contributed by atoms with Crippen molar-refractivity contribution in [2.45, 2.75) is 26.8 Å². The lowest BCUT2D eigenvalue weighted by molar-refractivity contribution is -0.274. The van der Waals surface area contributed by atoms with Crippen LogP contribution in [0.25, 0.3) is 22.1 Å². The number of anilines is 2. The number of hydrogen-bond donors (Lipinski definition) is 1. The molecule has 0 amide bonds. The van der Waals surface area contributed by atoms with E-state index in [0.29, 0.717) is 29.1 Å². The van der Waals surface area contributed by atoms with Crippen molar-refractivity contribution >= 4 is 39.9 Å². The van der Waals surface area contributed by atoms with Crippen molar-refractivity contribution < 1.29 is 27.1 Å². The number of carbonyl (C=O) groups excluding carboxylic acids is 1. The topological polar surface area (TPSA) is 82.2 Å². The molecule has 4 aromatic rings. The minimum Gasteiger partial charge on any atom is -0.423 e. The fraction of sp³-hybridized carbons (Fsp3) is 0.211. The van der Waals surface area contributed by atoms with Crippen molar-refractivity contribution in [3.8, 4) is 5.75 Å². The number of halogens is 3. The Bertz CT molecular complexity index is 1230. The smallest absolute Gasteiger partial charge is 0.423 e. The molecule has 29 heavy (non-hydrogen) atoms. The van der Waals surface area contributed by atoms with Crippen LogP contribution in [0.5, 0.6) is 5.75 Å². The van der Waals surface area contributed by atoms with Gasteiger partial charge in [-0.2, -0.15) is 4.98 Å². The molecule has 1 N–H and O–H groups in total. The minimum atomic E-state index is -4.79. The van der Waals surface area contributed by atoms with Crippen molar-refractivity contribution in [3.05, 3.63) is 42.0 Å². The van der Waals surface area contributed by atoms with Gasteiger partial charge in [0.1, 0.15) is 11.3 Å². The zero-order valence-electron chi connectivity index (χ0n) is 15.4. The number of nitrogens with zero attached hydrogens (tertiary/aromatic N) is 3. The molecule has 150 valence electrons. The van der Waals surface area contributed by atoms with Crippen molar-refractivity contribution in [1.29, 1.82) is 0 Å². The zero-order valence-corrected chi connectivity index (χ0v) is 15.4. The van der Waals surface area contributed by atoms with Gasteiger partial charge in [0.2, 0.25) is 5.95 Å². The number of hydrogen-bond acceptors (Lipinski definition) is 6. The summed E-state index contributed by atoms with van der Waals surface area (Å²) in [5.41, 5.74) is 2.48. The van der Waals surface area contributed by atoms with Gasteiger partial charge in [0.05, 0.1) is 11.0 Å². The van der Waals surface area contributed by atoms with E-state index in [2.05, 4.69) is 20.0 Å². The molecule has 2 aromatic carbocycles. The van der Waals surface area contributed by atoms with E-state index >= 15 is 0 Å². The minimum absolute atomic E-state index is 0.0664. The van der Waals surface area contributed by atoms with Crippen LogP contribution >= 0.6 is 0 Å². The number of Topliss-reactive ketones (excluding diaryl/α,β-unsaturated/α-hetero) is 1. The van der Waals surface area contributed by atoms with Gasteiger partial charge in [-0.25, -0.2) is 4.98 Å². The highest BCUT2D eigenvalue weighted by atomic mass is 19.4. The zero-order chi connectivity index (χ0) is 20.8. The summed E-state index contributed by atoms with van der Waals surface area (Å²) in [5, 5.41) is 2.94. The molecule has 0 radical (unpaired) electrons. The summed E-state index contributed by atoms with van der Waals surface area (Å²) in [6.07, 6.45) is -4.79. The van der Waals surface area contributed by atoms with E-state index in [1.54, 1.807) is 18.2 Å². The average Bonchev–Trinajstić information content (AvgIpc) is 3.19. The van der Waals surface area contributed by atoms with Crippen LogP contribution in [0, 0.1) is 0 Å². The Morgan fingerprint density at radius 3 is 2.66 bits per heavy atom. The third kappa shape index (κ3) is 3.73. The van der Waals surface area contributed by atoms with Crippen LogP contribution in [0.15, 0.2) is 40.8 Å². The number of aromatic nitrogens is 3. The van der Waals surface area contributed by atoms with Crippen LogP contribution < -0.4 is 10.1 Å². The number of carbonyl (C=O) groups is 1. The summed E-state index contributed by atoms with van der Waals surface area (Å²) >= 11 is 0. The monoisotopic (exact) mass is 404 g/mol. The first-order valence-electron chi connectivity index (χ1n) is 8.68. The molecule has 2 aromatic heterocycles. The first-order chi connectivity index (χ1) is 13.7. The summed E-state index contributed by atoms with van der Waals surface area (Å²) in [6.45, 7) is 3.99. The van der Waals surface area contributed by atoms with Gasteiger partial charge in [-0.15, -0.1) is 13.2 Å². The molecule has 0 aliphatic rings. The summed E-state index contributed by atoms with van der Waals surface area (Å²) in [7, 11) is 0. The third-order valence-electron chi connectivity index (χ3n) is 4.28. The lowest BCUT2D eigenvalue weighted by atomic mass is 10.1. The number of ether oxygens (including phenoxy) is 1. The van der Waals surface area contributed by atoms with Crippen LogP contribution in [0.1, 0.15) is 24.2 Å². The number of oxazole rings is 1.